The lowest BCUT2D eigenvalue weighted by atomic mass is 9.88. The smallest absolute Gasteiger partial charge is 0.171 e. The Balaban J connectivity index is 3.22. The van der Waals surface area contributed by atoms with Crippen LogP contribution < -0.4 is 0 Å². The second-order valence-corrected chi connectivity index (χ2v) is 5.05. The highest BCUT2D eigenvalue weighted by Crippen LogP contribution is 2.29. The van der Waals surface area contributed by atoms with Gasteiger partial charge in [0.15, 0.2) is 5.78 Å². The molecule has 14 heavy (non-hydrogen) atoms. The SMILES string of the molecule is Cn1c(Cl)cc(C(=O)C(C)(C)C)c1Cl. The van der Waals surface area contributed by atoms with E-state index in [-0.39, 0.29) is 5.78 Å². The Bertz CT molecular complexity index is 374. The first-order chi connectivity index (χ1) is 6.25. The summed E-state index contributed by atoms with van der Waals surface area (Å²) in [6.45, 7) is 5.56. The van der Waals surface area contributed by atoms with Crippen LogP contribution in [0.4, 0.5) is 0 Å². The van der Waals surface area contributed by atoms with E-state index in [1.54, 1.807) is 17.7 Å². The van der Waals surface area contributed by atoms with Crippen molar-refractivity contribution in [3.8, 4) is 0 Å². The minimum Gasteiger partial charge on any atom is -0.325 e. The van der Waals surface area contributed by atoms with Gasteiger partial charge in [-0.15, -0.1) is 0 Å². The fraction of sp³-hybridized carbons (Fsp3) is 0.500. The summed E-state index contributed by atoms with van der Waals surface area (Å²) < 4.78 is 1.59. The van der Waals surface area contributed by atoms with Gasteiger partial charge in [-0.25, -0.2) is 0 Å². The number of carbonyl (C=O) groups excluding carboxylic acids is 1. The molecule has 0 aliphatic rings. The Morgan fingerprint density at radius 3 is 2.14 bits per heavy atom. The van der Waals surface area contributed by atoms with Gasteiger partial charge in [0, 0.05) is 12.5 Å². The van der Waals surface area contributed by atoms with Crippen LogP contribution in [-0.4, -0.2) is 10.4 Å². The van der Waals surface area contributed by atoms with E-state index in [9.17, 15) is 4.79 Å². The van der Waals surface area contributed by atoms with E-state index in [1.165, 1.54) is 0 Å². The molecule has 0 aromatic carbocycles. The molecule has 1 aromatic heterocycles. The fourth-order valence-corrected chi connectivity index (χ4v) is 1.58. The van der Waals surface area contributed by atoms with E-state index in [0.717, 1.165) is 0 Å². The molecule has 0 fully saturated rings. The lowest BCUT2D eigenvalue weighted by Crippen LogP contribution is -2.20. The zero-order chi connectivity index (χ0) is 11.1. The quantitative estimate of drug-likeness (QED) is 0.681. The van der Waals surface area contributed by atoms with Crippen LogP contribution in [0.3, 0.4) is 0 Å². The van der Waals surface area contributed by atoms with Crippen LogP contribution in [0.25, 0.3) is 0 Å². The second-order valence-electron chi connectivity index (χ2n) is 4.31. The van der Waals surface area contributed by atoms with E-state index < -0.39 is 5.41 Å². The summed E-state index contributed by atoms with van der Waals surface area (Å²) >= 11 is 11.8. The second kappa shape index (κ2) is 3.59. The maximum absolute atomic E-state index is 11.9. The molecule has 78 valence electrons. The maximum atomic E-state index is 11.9. The van der Waals surface area contributed by atoms with Gasteiger partial charge in [0.2, 0.25) is 0 Å². The van der Waals surface area contributed by atoms with Crippen molar-refractivity contribution in [2.24, 2.45) is 12.5 Å². The summed E-state index contributed by atoms with van der Waals surface area (Å²) in [4.78, 5) is 11.9. The molecule has 1 aromatic rings. The van der Waals surface area contributed by atoms with Crippen molar-refractivity contribution in [3.63, 3.8) is 0 Å². The molecule has 0 saturated carbocycles. The topological polar surface area (TPSA) is 22.0 Å². The van der Waals surface area contributed by atoms with Crippen LogP contribution in [0.5, 0.6) is 0 Å². The number of Topliss-reactive ketones (excluding diaryl/α,β-unsaturated/α-hetero) is 1. The molecule has 1 rings (SSSR count). The average Bonchev–Trinajstić information content (AvgIpc) is 2.30. The van der Waals surface area contributed by atoms with Crippen molar-refractivity contribution in [2.45, 2.75) is 20.8 Å². The Morgan fingerprint density at radius 1 is 1.36 bits per heavy atom. The summed E-state index contributed by atoms with van der Waals surface area (Å²) in [5, 5.41) is 0.873. The molecule has 0 saturated heterocycles. The van der Waals surface area contributed by atoms with Gasteiger partial charge in [0.05, 0.1) is 5.56 Å². The number of ketones is 1. The number of carbonyl (C=O) groups is 1. The van der Waals surface area contributed by atoms with E-state index in [4.69, 9.17) is 23.2 Å². The third-order valence-corrected chi connectivity index (χ3v) is 2.85. The Labute approximate surface area is 93.8 Å². The van der Waals surface area contributed by atoms with Gasteiger partial charge >= 0.3 is 0 Å². The standard InChI is InChI=1S/C10H13Cl2NO/c1-10(2,3)8(14)6-5-7(11)13(4)9(6)12/h5H,1-4H3. The number of nitrogens with zero attached hydrogens (tertiary/aromatic N) is 1. The van der Waals surface area contributed by atoms with E-state index >= 15 is 0 Å². The zero-order valence-corrected chi connectivity index (χ0v) is 10.2. The monoisotopic (exact) mass is 233 g/mol. The highest BCUT2D eigenvalue weighted by molar-refractivity contribution is 6.36. The molecular formula is C10H13Cl2NO. The Kier molecular flexibility index (Phi) is 2.98. The van der Waals surface area contributed by atoms with Crippen LogP contribution in [0.15, 0.2) is 6.07 Å². The van der Waals surface area contributed by atoms with Gasteiger partial charge in [-0.3, -0.25) is 4.79 Å². The highest BCUT2D eigenvalue weighted by atomic mass is 35.5. The van der Waals surface area contributed by atoms with Crippen LogP contribution >= 0.6 is 23.2 Å². The lowest BCUT2D eigenvalue weighted by Gasteiger charge is -2.15. The molecule has 0 aliphatic carbocycles. The van der Waals surface area contributed by atoms with Gasteiger partial charge in [-0.2, -0.15) is 0 Å². The minimum absolute atomic E-state index is 0.00463. The van der Waals surface area contributed by atoms with Gasteiger partial charge in [0.1, 0.15) is 10.3 Å². The molecule has 0 aliphatic heterocycles. The molecule has 2 nitrogen and oxygen atoms in total. The van der Waals surface area contributed by atoms with Gasteiger partial charge < -0.3 is 4.57 Å². The summed E-state index contributed by atoms with van der Waals surface area (Å²) in [5.41, 5.74) is 0.0561. The van der Waals surface area contributed by atoms with Gasteiger partial charge in [-0.1, -0.05) is 44.0 Å². The summed E-state index contributed by atoms with van der Waals surface area (Å²) in [7, 11) is 1.73. The molecule has 0 radical (unpaired) electrons. The van der Waals surface area contributed by atoms with Crippen molar-refractivity contribution in [1.82, 2.24) is 4.57 Å². The normalized spacial score (nSPS) is 11.9. The first kappa shape index (κ1) is 11.6. The first-order valence-electron chi connectivity index (χ1n) is 4.30. The lowest BCUT2D eigenvalue weighted by molar-refractivity contribution is 0.0858. The van der Waals surface area contributed by atoms with Crippen molar-refractivity contribution in [1.29, 1.82) is 0 Å². The highest BCUT2D eigenvalue weighted by Gasteiger charge is 2.27. The average molecular weight is 234 g/mol. The number of rotatable bonds is 1. The molecule has 0 spiro atoms. The predicted molar refractivity (Wildman–Crippen MR) is 59.2 cm³/mol. The molecule has 0 N–H and O–H groups in total. The van der Waals surface area contributed by atoms with Crippen LogP contribution in [0, 0.1) is 5.41 Å². The first-order valence-corrected chi connectivity index (χ1v) is 5.06. The van der Waals surface area contributed by atoms with Crippen molar-refractivity contribution >= 4 is 29.0 Å². The third kappa shape index (κ3) is 1.96. The van der Waals surface area contributed by atoms with Crippen LogP contribution in [0.2, 0.25) is 10.3 Å². The predicted octanol–water partition coefficient (Wildman–Crippen LogP) is 3.56. The molecule has 4 heteroatoms. The summed E-state index contributed by atoms with van der Waals surface area (Å²) in [6, 6.07) is 1.61. The molecule has 1 heterocycles. The molecule has 0 unspecified atom stereocenters. The van der Waals surface area contributed by atoms with Gasteiger partial charge in [0.25, 0.3) is 0 Å². The number of aromatic nitrogens is 1. The molecule has 0 bridgehead atoms. The molecule has 0 atom stereocenters. The Hall–Kier alpha value is -0.470. The number of hydrogen-bond donors (Lipinski definition) is 0. The third-order valence-electron chi connectivity index (χ3n) is 2.03. The van der Waals surface area contributed by atoms with E-state index in [1.807, 2.05) is 20.8 Å². The van der Waals surface area contributed by atoms with E-state index in [2.05, 4.69) is 0 Å². The zero-order valence-electron chi connectivity index (χ0n) is 8.69. The van der Waals surface area contributed by atoms with E-state index in [0.29, 0.717) is 15.9 Å². The van der Waals surface area contributed by atoms with Gasteiger partial charge in [-0.05, 0) is 6.07 Å². The Morgan fingerprint density at radius 2 is 1.86 bits per heavy atom. The summed E-state index contributed by atoms with van der Waals surface area (Å²) in [5.74, 6) is 0.00463. The van der Waals surface area contributed by atoms with Crippen molar-refractivity contribution in [2.75, 3.05) is 0 Å². The van der Waals surface area contributed by atoms with Crippen LogP contribution in [-0.2, 0) is 7.05 Å². The van der Waals surface area contributed by atoms with Crippen molar-refractivity contribution < 1.29 is 4.79 Å². The maximum Gasteiger partial charge on any atom is 0.171 e. The fourth-order valence-electron chi connectivity index (χ4n) is 1.11. The number of hydrogen-bond acceptors (Lipinski definition) is 1. The van der Waals surface area contributed by atoms with Crippen molar-refractivity contribution in [3.05, 3.63) is 21.9 Å². The van der Waals surface area contributed by atoms with Crippen LogP contribution in [0.1, 0.15) is 31.1 Å². The number of halogens is 2. The molecular weight excluding hydrogens is 221 g/mol. The summed E-state index contributed by atoms with van der Waals surface area (Å²) in [6.07, 6.45) is 0. The molecule has 0 amide bonds. The largest absolute Gasteiger partial charge is 0.325 e. The minimum atomic E-state index is -0.436.